The van der Waals surface area contributed by atoms with Crippen molar-refractivity contribution in [1.29, 1.82) is 0 Å². The molecule has 0 fully saturated rings. The Morgan fingerprint density at radius 3 is 2.83 bits per heavy atom. The Morgan fingerprint density at radius 1 is 1.13 bits per heavy atom. The second kappa shape index (κ2) is 8.52. The number of carbonyl (C=O) groups excluding carboxylic acids is 1. The molecule has 0 saturated heterocycles. The summed E-state index contributed by atoms with van der Waals surface area (Å²) in [5.41, 5.74) is 5.51. The van der Waals surface area contributed by atoms with Gasteiger partial charge in [-0.1, -0.05) is 24.3 Å². The molecule has 4 heteroatoms. The number of hydrogen-bond acceptors (Lipinski definition) is 3. The monoisotopic (exact) mass is 392 g/mol. The van der Waals surface area contributed by atoms with E-state index in [4.69, 9.17) is 11.2 Å². The van der Waals surface area contributed by atoms with Gasteiger partial charge in [0, 0.05) is 29.7 Å². The first-order valence-electron chi connectivity index (χ1n) is 9.79. The molecule has 1 aromatic heterocycles. The van der Waals surface area contributed by atoms with Crippen molar-refractivity contribution in [2.24, 2.45) is 0 Å². The molecule has 0 amide bonds. The van der Waals surface area contributed by atoms with Gasteiger partial charge in [0.2, 0.25) is 0 Å². The van der Waals surface area contributed by atoms with Gasteiger partial charge in [-0.05, 0) is 60.6 Å². The van der Waals surface area contributed by atoms with Crippen LogP contribution in [0.4, 0.5) is 5.69 Å². The Hall–Kier alpha value is -4.07. The van der Waals surface area contributed by atoms with Crippen LogP contribution in [0, 0.1) is 36.0 Å². The molecule has 2 heterocycles. The Labute approximate surface area is 176 Å². The van der Waals surface area contributed by atoms with Crippen LogP contribution in [-0.2, 0) is 11.3 Å². The van der Waals surface area contributed by atoms with Crippen LogP contribution in [0.5, 0.6) is 0 Å². The number of anilines is 1. The number of rotatable bonds is 1. The third-order valence-corrected chi connectivity index (χ3v) is 5.18. The van der Waals surface area contributed by atoms with Crippen LogP contribution in [0.25, 0.3) is 22.2 Å². The van der Waals surface area contributed by atoms with Crippen LogP contribution >= 0.6 is 0 Å². The zero-order valence-electron chi connectivity index (χ0n) is 16.7. The smallest absolute Gasteiger partial charge is 0.337 e. The van der Waals surface area contributed by atoms with Crippen LogP contribution in [0.3, 0.4) is 0 Å². The van der Waals surface area contributed by atoms with Gasteiger partial charge in [-0.25, -0.2) is 4.79 Å². The van der Waals surface area contributed by atoms with E-state index in [0.717, 1.165) is 59.3 Å². The molecule has 1 aliphatic rings. The molecule has 0 unspecified atom stereocenters. The summed E-state index contributed by atoms with van der Waals surface area (Å²) in [6, 6.07) is 13.8. The normalized spacial score (nSPS) is 12.1. The van der Waals surface area contributed by atoms with Crippen LogP contribution < -0.4 is 5.32 Å². The zero-order chi connectivity index (χ0) is 20.9. The van der Waals surface area contributed by atoms with E-state index in [0.29, 0.717) is 5.56 Å². The summed E-state index contributed by atoms with van der Waals surface area (Å²) in [5, 5.41) is 4.52. The number of aryl methyl sites for hydroxylation is 1. The predicted molar refractivity (Wildman–Crippen MR) is 120 cm³/mol. The molecule has 1 N–H and O–H groups in total. The van der Waals surface area contributed by atoms with Gasteiger partial charge in [-0.3, -0.25) is 0 Å². The van der Waals surface area contributed by atoms with Gasteiger partial charge in [0.1, 0.15) is 0 Å². The van der Waals surface area contributed by atoms with Crippen molar-refractivity contribution < 1.29 is 9.53 Å². The van der Waals surface area contributed by atoms with Gasteiger partial charge in [-0.15, -0.1) is 6.42 Å². The maximum atomic E-state index is 12.1. The first-order chi connectivity index (χ1) is 14.7. The SMILES string of the molecule is C#CC#CC#Cc1c2n(c3cc(C(=O)OC)ccc13)CCCCNc1ccccc1-2. The zero-order valence-corrected chi connectivity index (χ0v) is 16.7. The number of hydrogen-bond donors (Lipinski definition) is 1. The van der Waals surface area contributed by atoms with Gasteiger partial charge < -0.3 is 14.6 Å². The van der Waals surface area contributed by atoms with Crippen molar-refractivity contribution in [1.82, 2.24) is 4.57 Å². The third-order valence-electron chi connectivity index (χ3n) is 5.18. The van der Waals surface area contributed by atoms with Crippen LogP contribution in [-0.4, -0.2) is 24.2 Å². The summed E-state index contributed by atoms with van der Waals surface area (Å²) >= 11 is 0. The van der Waals surface area contributed by atoms with E-state index in [2.05, 4.69) is 51.6 Å². The number of nitrogens with one attached hydrogen (secondary N) is 1. The number of ether oxygens (including phenoxy) is 1. The molecule has 0 bridgehead atoms. The second-order valence-electron chi connectivity index (χ2n) is 6.92. The Bertz CT molecular complexity index is 1300. The van der Waals surface area contributed by atoms with Gasteiger partial charge in [0.25, 0.3) is 0 Å². The minimum atomic E-state index is -0.356. The first kappa shape index (κ1) is 19.3. The maximum Gasteiger partial charge on any atom is 0.337 e. The average Bonchev–Trinajstić information content (AvgIpc) is 3.12. The highest BCUT2D eigenvalue weighted by Crippen LogP contribution is 2.38. The number of nitrogens with zero attached hydrogens (tertiary/aromatic N) is 1. The quantitative estimate of drug-likeness (QED) is 0.496. The highest BCUT2D eigenvalue weighted by Gasteiger charge is 2.21. The number of benzene rings is 2. The molecule has 2 aromatic carbocycles. The lowest BCUT2D eigenvalue weighted by molar-refractivity contribution is 0.0601. The summed E-state index contributed by atoms with van der Waals surface area (Å²) < 4.78 is 7.18. The largest absolute Gasteiger partial charge is 0.465 e. The van der Waals surface area contributed by atoms with Gasteiger partial charge >= 0.3 is 5.97 Å². The molecule has 0 atom stereocenters. The lowest BCUT2D eigenvalue weighted by atomic mass is 10.0. The van der Waals surface area contributed by atoms with E-state index in [9.17, 15) is 4.79 Å². The highest BCUT2D eigenvalue weighted by atomic mass is 16.5. The first-order valence-corrected chi connectivity index (χ1v) is 9.79. The van der Waals surface area contributed by atoms with Crippen molar-refractivity contribution >= 4 is 22.6 Å². The fraction of sp³-hybridized carbons (Fsp3) is 0.192. The number of carbonyl (C=O) groups is 1. The molecular weight excluding hydrogens is 372 g/mol. The highest BCUT2D eigenvalue weighted by molar-refractivity contribution is 6.01. The second-order valence-corrected chi connectivity index (χ2v) is 6.92. The Morgan fingerprint density at radius 2 is 2.00 bits per heavy atom. The number of fused-ring (bicyclic) bond motifs is 5. The fourth-order valence-electron chi connectivity index (χ4n) is 3.86. The molecule has 0 radical (unpaired) electrons. The van der Waals surface area contributed by atoms with Crippen molar-refractivity contribution in [2.75, 3.05) is 19.0 Å². The van der Waals surface area contributed by atoms with Crippen molar-refractivity contribution in [3.8, 4) is 47.3 Å². The fourth-order valence-corrected chi connectivity index (χ4v) is 3.86. The van der Waals surface area contributed by atoms with E-state index in [-0.39, 0.29) is 5.97 Å². The summed E-state index contributed by atoms with van der Waals surface area (Å²) in [4.78, 5) is 12.1. The number of esters is 1. The molecule has 0 saturated carbocycles. The lowest BCUT2D eigenvalue weighted by Crippen LogP contribution is -2.03. The van der Waals surface area contributed by atoms with Gasteiger partial charge in [0.05, 0.1) is 29.4 Å². The lowest BCUT2D eigenvalue weighted by Gasteiger charge is -2.13. The van der Waals surface area contributed by atoms with E-state index in [1.54, 1.807) is 6.07 Å². The molecular formula is C26H20N2O2. The summed E-state index contributed by atoms with van der Waals surface area (Å²) in [7, 11) is 1.39. The molecule has 0 spiro atoms. The molecule has 146 valence electrons. The summed E-state index contributed by atoms with van der Waals surface area (Å²) in [6.07, 6.45) is 7.26. The number of para-hydroxylation sites is 1. The topological polar surface area (TPSA) is 43.3 Å². The van der Waals surface area contributed by atoms with Gasteiger partial charge in [0.15, 0.2) is 0 Å². The third kappa shape index (κ3) is 3.50. The van der Waals surface area contributed by atoms with Crippen molar-refractivity contribution in [2.45, 2.75) is 19.4 Å². The number of methoxy groups -OCH3 is 1. The number of aromatic nitrogens is 1. The molecule has 1 aliphatic heterocycles. The van der Waals surface area contributed by atoms with Crippen molar-refractivity contribution in [3.05, 3.63) is 53.6 Å². The van der Waals surface area contributed by atoms with E-state index < -0.39 is 0 Å². The standard InChI is InChI=1S/C26H20N2O2/c1-3-4-5-6-11-21-20-15-14-19(26(29)30-2)18-24(20)28-17-10-9-16-27-23-13-8-7-12-22(23)25(21)28/h1,7-8,12-15,18,27H,9-10,16-17H2,2H3. The average molecular weight is 392 g/mol. The maximum absolute atomic E-state index is 12.1. The van der Waals surface area contributed by atoms with Crippen molar-refractivity contribution in [3.63, 3.8) is 0 Å². The Balaban J connectivity index is 2.07. The molecule has 3 aromatic rings. The molecule has 4 nitrogen and oxygen atoms in total. The van der Waals surface area contributed by atoms with Crippen LogP contribution in [0.15, 0.2) is 42.5 Å². The van der Waals surface area contributed by atoms with E-state index >= 15 is 0 Å². The Kier molecular flexibility index (Phi) is 5.47. The summed E-state index contributed by atoms with van der Waals surface area (Å²) in [5.74, 6) is 13.3. The predicted octanol–water partition coefficient (Wildman–Crippen LogP) is 4.29. The van der Waals surface area contributed by atoms with Gasteiger partial charge in [-0.2, -0.15) is 0 Å². The minimum absolute atomic E-state index is 0.356. The summed E-state index contributed by atoms with van der Waals surface area (Å²) in [6.45, 7) is 1.73. The molecule has 0 aliphatic carbocycles. The van der Waals surface area contributed by atoms with E-state index in [1.807, 2.05) is 24.3 Å². The van der Waals surface area contributed by atoms with Crippen LogP contribution in [0.1, 0.15) is 28.8 Å². The number of terminal acetylenes is 1. The molecule has 4 rings (SSSR count). The van der Waals surface area contributed by atoms with Crippen LogP contribution in [0.2, 0.25) is 0 Å². The molecule has 30 heavy (non-hydrogen) atoms. The minimum Gasteiger partial charge on any atom is -0.465 e. The van der Waals surface area contributed by atoms with E-state index in [1.165, 1.54) is 7.11 Å².